The SMILES string of the molecule is CCCCCOc1ccc(C2C(C#N)=C(N)Oc3cc(OC(=O)Cc4ccccc4)ccc32)cc1OCC. The largest absolute Gasteiger partial charge is 0.490 e. The lowest BCUT2D eigenvalue weighted by molar-refractivity contribution is -0.133. The third kappa shape index (κ3) is 6.27. The van der Waals surface area contributed by atoms with Gasteiger partial charge in [-0.25, -0.2) is 0 Å². The Bertz CT molecular complexity index is 1340. The number of allylic oxidation sites excluding steroid dienone is 1. The summed E-state index contributed by atoms with van der Waals surface area (Å²) in [6.07, 6.45) is 3.32. The molecule has 3 aromatic rings. The van der Waals surface area contributed by atoms with Gasteiger partial charge in [0.25, 0.3) is 0 Å². The molecule has 1 unspecified atom stereocenters. The number of rotatable bonds is 11. The summed E-state index contributed by atoms with van der Waals surface area (Å²) in [7, 11) is 0. The molecule has 2 N–H and O–H groups in total. The van der Waals surface area contributed by atoms with Crippen molar-refractivity contribution in [3.63, 3.8) is 0 Å². The van der Waals surface area contributed by atoms with Crippen molar-refractivity contribution < 1.29 is 23.7 Å². The Labute approximate surface area is 223 Å². The van der Waals surface area contributed by atoms with E-state index in [0.29, 0.717) is 41.8 Å². The van der Waals surface area contributed by atoms with E-state index in [1.54, 1.807) is 18.2 Å². The van der Waals surface area contributed by atoms with Gasteiger partial charge in [-0.1, -0.05) is 62.2 Å². The highest BCUT2D eigenvalue weighted by atomic mass is 16.5. The molecule has 0 fully saturated rings. The first-order valence-electron chi connectivity index (χ1n) is 12.9. The van der Waals surface area contributed by atoms with Gasteiger partial charge in [0, 0.05) is 11.6 Å². The van der Waals surface area contributed by atoms with Gasteiger partial charge in [-0.05, 0) is 42.7 Å². The van der Waals surface area contributed by atoms with Gasteiger partial charge >= 0.3 is 5.97 Å². The maximum Gasteiger partial charge on any atom is 0.315 e. The summed E-state index contributed by atoms with van der Waals surface area (Å²) < 4.78 is 23.2. The molecule has 1 aliphatic rings. The van der Waals surface area contributed by atoms with E-state index in [2.05, 4.69) is 13.0 Å². The van der Waals surface area contributed by atoms with Crippen LogP contribution in [0.2, 0.25) is 0 Å². The summed E-state index contributed by atoms with van der Waals surface area (Å²) in [6.45, 7) is 5.14. The molecule has 0 saturated carbocycles. The highest BCUT2D eigenvalue weighted by molar-refractivity contribution is 5.75. The molecule has 196 valence electrons. The van der Waals surface area contributed by atoms with Crippen LogP contribution < -0.4 is 24.7 Å². The van der Waals surface area contributed by atoms with Crippen LogP contribution in [0.1, 0.15) is 55.7 Å². The molecule has 7 heteroatoms. The Morgan fingerprint density at radius 3 is 2.55 bits per heavy atom. The van der Waals surface area contributed by atoms with E-state index >= 15 is 0 Å². The van der Waals surface area contributed by atoms with Crippen LogP contribution in [-0.2, 0) is 11.2 Å². The van der Waals surface area contributed by atoms with Crippen molar-refractivity contribution in [2.24, 2.45) is 5.73 Å². The second-order valence-corrected chi connectivity index (χ2v) is 8.96. The number of ether oxygens (including phenoxy) is 4. The fourth-order valence-electron chi connectivity index (χ4n) is 4.40. The molecule has 0 amide bonds. The molecule has 0 saturated heterocycles. The number of esters is 1. The fourth-order valence-corrected chi connectivity index (χ4v) is 4.40. The zero-order chi connectivity index (χ0) is 26.9. The van der Waals surface area contributed by atoms with E-state index in [4.69, 9.17) is 24.7 Å². The number of fused-ring (bicyclic) bond motifs is 1. The number of nitrogens with zero attached hydrogens (tertiary/aromatic N) is 1. The third-order valence-electron chi connectivity index (χ3n) is 6.22. The normalized spacial score (nSPS) is 14.2. The molecule has 3 aromatic carbocycles. The number of hydrogen-bond donors (Lipinski definition) is 1. The van der Waals surface area contributed by atoms with Crippen LogP contribution in [0.5, 0.6) is 23.0 Å². The topological polar surface area (TPSA) is 104 Å². The minimum Gasteiger partial charge on any atom is -0.490 e. The number of nitrogens with two attached hydrogens (primary N) is 1. The van der Waals surface area contributed by atoms with Crippen molar-refractivity contribution in [2.75, 3.05) is 13.2 Å². The van der Waals surface area contributed by atoms with Crippen LogP contribution in [0.25, 0.3) is 0 Å². The van der Waals surface area contributed by atoms with Crippen LogP contribution in [0.15, 0.2) is 78.2 Å². The molecule has 0 aliphatic carbocycles. The maximum absolute atomic E-state index is 12.5. The molecular formula is C31H32N2O5. The Balaban J connectivity index is 1.61. The van der Waals surface area contributed by atoms with E-state index in [9.17, 15) is 10.1 Å². The number of nitriles is 1. The van der Waals surface area contributed by atoms with Gasteiger partial charge in [0.1, 0.15) is 23.1 Å². The van der Waals surface area contributed by atoms with Crippen molar-refractivity contribution in [3.8, 4) is 29.1 Å². The van der Waals surface area contributed by atoms with Crippen LogP contribution in [0, 0.1) is 11.3 Å². The van der Waals surface area contributed by atoms with Crippen LogP contribution in [-0.4, -0.2) is 19.2 Å². The van der Waals surface area contributed by atoms with E-state index in [1.165, 1.54) is 0 Å². The Kier molecular flexibility index (Phi) is 8.89. The van der Waals surface area contributed by atoms with Gasteiger partial charge in [0.2, 0.25) is 5.88 Å². The number of carbonyl (C=O) groups excluding carboxylic acids is 1. The Morgan fingerprint density at radius 1 is 1.00 bits per heavy atom. The summed E-state index contributed by atoms with van der Waals surface area (Å²) >= 11 is 0. The smallest absolute Gasteiger partial charge is 0.315 e. The van der Waals surface area contributed by atoms with Gasteiger partial charge in [0.05, 0.1) is 25.6 Å². The van der Waals surface area contributed by atoms with Crippen molar-refractivity contribution in [1.82, 2.24) is 0 Å². The zero-order valence-electron chi connectivity index (χ0n) is 21.7. The summed E-state index contributed by atoms with van der Waals surface area (Å²) in [5.74, 6) is 1.17. The van der Waals surface area contributed by atoms with Crippen LogP contribution in [0.3, 0.4) is 0 Å². The van der Waals surface area contributed by atoms with Gasteiger partial charge in [-0.2, -0.15) is 5.26 Å². The lowest BCUT2D eigenvalue weighted by Crippen LogP contribution is -2.21. The van der Waals surface area contributed by atoms with E-state index in [0.717, 1.165) is 36.0 Å². The standard InChI is InChI=1S/C31H32N2O5/c1-3-5-9-16-36-26-15-12-22(18-28(26)35-4-2)30-24-14-13-23(19-27(24)38-31(33)25(30)20-32)37-29(34)17-21-10-7-6-8-11-21/h6-8,10-15,18-19,30H,3-5,9,16-17,33H2,1-2H3. The average molecular weight is 513 g/mol. The quantitative estimate of drug-likeness (QED) is 0.190. The Morgan fingerprint density at radius 2 is 1.82 bits per heavy atom. The molecule has 1 heterocycles. The molecule has 1 atom stereocenters. The molecule has 0 spiro atoms. The van der Waals surface area contributed by atoms with Gasteiger partial charge < -0.3 is 24.7 Å². The summed E-state index contributed by atoms with van der Waals surface area (Å²) in [4.78, 5) is 12.5. The minimum atomic E-state index is -0.480. The molecule has 0 bridgehead atoms. The van der Waals surface area contributed by atoms with E-state index in [1.807, 2.05) is 55.5 Å². The third-order valence-corrected chi connectivity index (χ3v) is 6.22. The number of unbranched alkanes of at least 4 members (excludes halogenated alkanes) is 2. The van der Waals surface area contributed by atoms with Crippen molar-refractivity contribution in [1.29, 1.82) is 5.26 Å². The molecule has 0 radical (unpaired) electrons. The maximum atomic E-state index is 12.5. The molecular weight excluding hydrogens is 480 g/mol. The molecule has 0 aromatic heterocycles. The average Bonchev–Trinajstić information content (AvgIpc) is 2.91. The summed E-state index contributed by atoms with van der Waals surface area (Å²) in [5.41, 5.74) is 8.88. The second-order valence-electron chi connectivity index (χ2n) is 8.96. The number of hydrogen-bond acceptors (Lipinski definition) is 7. The highest BCUT2D eigenvalue weighted by Gasteiger charge is 2.32. The molecule has 1 aliphatic heterocycles. The first-order chi connectivity index (χ1) is 18.5. The summed E-state index contributed by atoms with van der Waals surface area (Å²) in [5, 5.41) is 9.93. The van der Waals surface area contributed by atoms with Crippen LogP contribution in [0.4, 0.5) is 0 Å². The minimum absolute atomic E-state index is 0.00983. The van der Waals surface area contributed by atoms with E-state index < -0.39 is 5.92 Å². The molecule has 4 rings (SSSR count). The zero-order valence-corrected chi connectivity index (χ0v) is 21.7. The van der Waals surface area contributed by atoms with E-state index in [-0.39, 0.29) is 18.3 Å². The molecule has 38 heavy (non-hydrogen) atoms. The first-order valence-corrected chi connectivity index (χ1v) is 12.9. The van der Waals surface area contributed by atoms with Gasteiger partial charge in [-0.15, -0.1) is 0 Å². The fraction of sp³-hybridized carbons (Fsp3) is 0.290. The first kappa shape index (κ1) is 26.6. The monoisotopic (exact) mass is 512 g/mol. The number of benzene rings is 3. The Hall–Kier alpha value is -4.44. The van der Waals surface area contributed by atoms with Crippen molar-refractivity contribution in [3.05, 3.63) is 94.9 Å². The lowest BCUT2D eigenvalue weighted by Gasteiger charge is -2.27. The second kappa shape index (κ2) is 12.7. The van der Waals surface area contributed by atoms with Gasteiger partial charge in [0.15, 0.2) is 11.5 Å². The highest BCUT2D eigenvalue weighted by Crippen LogP contribution is 2.45. The lowest BCUT2D eigenvalue weighted by atomic mass is 9.83. The molecule has 7 nitrogen and oxygen atoms in total. The van der Waals surface area contributed by atoms with Gasteiger partial charge in [-0.3, -0.25) is 4.79 Å². The van der Waals surface area contributed by atoms with Crippen LogP contribution >= 0.6 is 0 Å². The predicted octanol–water partition coefficient (Wildman–Crippen LogP) is 6.02. The predicted molar refractivity (Wildman–Crippen MR) is 144 cm³/mol. The summed E-state index contributed by atoms with van der Waals surface area (Å²) in [6, 6.07) is 22.4. The number of carbonyl (C=O) groups is 1. The van der Waals surface area contributed by atoms with Crippen molar-refractivity contribution in [2.45, 2.75) is 45.4 Å². The van der Waals surface area contributed by atoms with Crippen molar-refractivity contribution >= 4 is 5.97 Å².